The lowest BCUT2D eigenvalue weighted by molar-refractivity contribution is 0.491. The number of hydrogen-bond donors (Lipinski definition) is 1. The summed E-state index contributed by atoms with van der Waals surface area (Å²) >= 11 is 2.21. The molecule has 86 valence electrons. The first-order valence-electron chi connectivity index (χ1n) is 5.03. The molecule has 2 heterocycles. The summed E-state index contributed by atoms with van der Waals surface area (Å²) in [6.07, 6.45) is 3.73. The van der Waals surface area contributed by atoms with Crippen molar-refractivity contribution in [3.8, 4) is 0 Å². The van der Waals surface area contributed by atoms with Gasteiger partial charge in [-0.2, -0.15) is 5.10 Å². The van der Waals surface area contributed by atoms with E-state index in [4.69, 9.17) is 10.2 Å². The zero-order valence-electron chi connectivity index (χ0n) is 8.80. The minimum Gasteiger partial charge on any atom is -0.439 e. The van der Waals surface area contributed by atoms with E-state index in [1.807, 2.05) is 18.3 Å². The summed E-state index contributed by atoms with van der Waals surface area (Å²) in [7, 11) is 0. The Morgan fingerprint density at radius 3 is 3.06 bits per heavy atom. The van der Waals surface area contributed by atoms with Gasteiger partial charge in [0, 0.05) is 18.0 Å². The maximum Gasteiger partial charge on any atom is 0.217 e. The molecule has 0 saturated heterocycles. The second kappa shape index (κ2) is 4.02. The molecule has 1 aromatic carbocycles. The summed E-state index contributed by atoms with van der Waals surface area (Å²) in [6.45, 7) is 0.525. The molecule has 0 amide bonds. The molecular formula is C11H9IN4O. The molecule has 3 rings (SSSR count). The number of nitrogens with zero attached hydrogens (tertiary/aromatic N) is 3. The predicted octanol–water partition coefficient (Wildman–Crippen LogP) is 2.26. The number of fused-ring (bicyclic) bond motifs is 1. The Hall–Kier alpha value is -1.57. The van der Waals surface area contributed by atoms with Gasteiger partial charge in [-0.1, -0.05) is 0 Å². The molecule has 5 nitrogen and oxygen atoms in total. The maximum absolute atomic E-state index is 5.68. The third-order valence-corrected chi connectivity index (χ3v) is 2.91. The van der Waals surface area contributed by atoms with Crippen LogP contribution in [0, 0.1) is 3.57 Å². The van der Waals surface area contributed by atoms with Gasteiger partial charge in [0.1, 0.15) is 12.1 Å². The van der Waals surface area contributed by atoms with E-state index >= 15 is 0 Å². The highest BCUT2D eigenvalue weighted by molar-refractivity contribution is 14.1. The Morgan fingerprint density at radius 1 is 1.41 bits per heavy atom. The fourth-order valence-corrected chi connectivity index (χ4v) is 2.07. The number of halogens is 1. The number of nitrogens with two attached hydrogens (primary N) is 1. The van der Waals surface area contributed by atoms with E-state index in [9.17, 15) is 0 Å². The first-order valence-corrected chi connectivity index (χ1v) is 6.11. The fraction of sp³-hybridized carbons (Fsp3) is 0.0909. The summed E-state index contributed by atoms with van der Waals surface area (Å²) in [5.74, 6) is 0.630. The van der Waals surface area contributed by atoms with Crippen LogP contribution in [0.4, 0.5) is 5.69 Å². The Balaban J connectivity index is 1.95. The lowest BCUT2D eigenvalue weighted by Gasteiger charge is -1.94. The number of anilines is 1. The SMILES string of the molecule is Nc1ccc2nc(Cn3cc(I)cn3)oc2c1. The summed E-state index contributed by atoms with van der Waals surface area (Å²) in [6, 6.07) is 5.44. The lowest BCUT2D eigenvalue weighted by Crippen LogP contribution is -1.99. The third-order valence-electron chi connectivity index (χ3n) is 2.36. The number of aromatic nitrogens is 3. The van der Waals surface area contributed by atoms with Crippen molar-refractivity contribution in [1.82, 2.24) is 14.8 Å². The van der Waals surface area contributed by atoms with Crippen molar-refractivity contribution in [2.45, 2.75) is 6.54 Å². The minimum absolute atomic E-state index is 0.525. The normalized spacial score (nSPS) is 11.1. The van der Waals surface area contributed by atoms with Crippen LogP contribution in [-0.4, -0.2) is 14.8 Å². The molecule has 17 heavy (non-hydrogen) atoms. The Labute approximate surface area is 111 Å². The molecule has 0 aliphatic rings. The molecule has 2 aromatic heterocycles. The van der Waals surface area contributed by atoms with Crippen LogP contribution >= 0.6 is 22.6 Å². The number of nitrogen functional groups attached to an aromatic ring is 1. The van der Waals surface area contributed by atoms with Crippen LogP contribution in [0.2, 0.25) is 0 Å². The first kappa shape index (κ1) is 10.6. The minimum atomic E-state index is 0.525. The Bertz CT molecular complexity index is 673. The molecule has 0 radical (unpaired) electrons. The molecule has 0 aliphatic carbocycles. The summed E-state index contributed by atoms with van der Waals surface area (Å²) in [5.41, 5.74) is 7.88. The highest BCUT2D eigenvalue weighted by Crippen LogP contribution is 2.18. The van der Waals surface area contributed by atoms with E-state index < -0.39 is 0 Å². The highest BCUT2D eigenvalue weighted by Gasteiger charge is 2.07. The van der Waals surface area contributed by atoms with Crippen molar-refractivity contribution in [3.63, 3.8) is 0 Å². The van der Waals surface area contributed by atoms with Crippen LogP contribution in [-0.2, 0) is 6.54 Å². The van der Waals surface area contributed by atoms with Crippen molar-refractivity contribution < 1.29 is 4.42 Å². The van der Waals surface area contributed by atoms with Crippen LogP contribution in [0.1, 0.15) is 5.89 Å². The van der Waals surface area contributed by atoms with Crippen molar-refractivity contribution in [2.24, 2.45) is 0 Å². The van der Waals surface area contributed by atoms with E-state index in [-0.39, 0.29) is 0 Å². The number of benzene rings is 1. The molecule has 6 heteroatoms. The van der Waals surface area contributed by atoms with Gasteiger partial charge >= 0.3 is 0 Å². The third kappa shape index (κ3) is 2.12. The van der Waals surface area contributed by atoms with Crippen LogP contribution in [0.3, 0.4) is 0 Å². The zero-order valence-corrected chi connectivity index (χ0v) is 11.0. The predicted molar refractivity (Wildman–Crippen MR) is 72.5 cm³/mol. The Morgan fingerprint density at radius 2 is 2.29 bits per heavy atom. The van der Waals surface area contributed by atoms with Crippen molar-refractivity contribution in [2.75, 3.05) is 5.73 Å². The van der Waals surface area contributed by atoms with Gasteiger partial charge in [-0.05, 0) is 34.7 Å². The molecule has 0 spiro atoms. The monoisotopic (exact) mass is 340 g/mol. The van der Waals surface area contributed by atoms with Gasteiger partial charge in [0.2, 0.25) is 5.89 Å². The lowest BCUT2D eigenvalue weighted by atomic mass is 10.3. The van der Waals surface area contributed by atoms with Crippen molar-refractivity contribution >= 4 is 39.4 Å². The van der Waals surface area contributed by atoms with Gasteiger partial charge < -0.3 is 10.2 Å². The van der Waals surface area contributed by atoms with E-state index in [2.05, 4.69) is 32.7 Å². The molecule has 3 aromatic rings. The molecule has 2 N–H and O–H groups in total. The van der Waals surface area contributed by atoms with Crippen LogP contribution < -0.4 is 5.73 Å². The quantitative estimate of drug-likeness (QED) is 0.574. The average molecular weight is 340 g/mol. The van der Waals surface area contributed by atoms with E-state index in [0.717, 1.165) is 9.09 Å². The second-order valence-electron chi connectivity index (χ2n) is 3.69. The standard InChI is InChI=1S/C11H9IN4O/c12-7-4-14-16(5-7)6-11-15-9-2-1-8(13)3-10(9)17-11/h1-5H,6,13H2. The second-order valence-corrected chi connectivity index (χ2v) is 4.94. The summed E-state index contributed by atoms with van der Waals surface area (Å²) in [4.78, 5) is 4.37. The molecule has 0 fully saturated rings. The Kier molecular flexibility index (Phi) is 2.50. The van der Waals surface area contributed by atoms with Crippen molar-refractivity contribution in [3.05, 3.63) is 40.1 Å². The van der Waals surface area contributed by atoms with Crippen LogP contribution in [0.5, 0.6) is 0 Å². The topological polar surface area (TPSA) is 69.9 Å². The van der Waals surface area contributed by atoms with Gasteiger partial charge in [0.15, 0.2) is 5.58 Å². The summed E-state index contributed by atoms with van der Waals surface area (Å²) in [5, 5.41) is 4.18. The van der Waals surface area contributed by atoms with E-state index in [1.54, 1.807) is 16.9 Å². The van der Waals surface area contributed by atoms with Gasteiger partial charge in [-0.25, -0.2) is 4.98 Å². The number of rotatable bonds is 2. The van der Waals surface area contributed by atoms with E-state index in [0.29, 0.717) is 23.7 Å². The van der Waals surface area contributed by atoms with Gasteiger partial charge in [0.05, 0.1) is 9.77 Å². The number of oxazole rings is 1. The van der Waals surface area contributed by atoms with Crippen LogP contribution in [0.25, 0.3) is 11.1 Å². The highest BCUT2D eigenvalue weighted by atomic mass is 127. The molecular weight excluding hydrogens is 331 g/mol. The molecule has 0 bridgehead atoms. The largest absolute Gasteiger partial charge is 0.439 e. The summed E-state index contributed by atoms with van der Waals surface area (Å²) < 4.78 is 8.48. The fourth-order valence-electron chi connectivity index (χ4n) is 1.62. The average Bonchev–Trinajstić information content (AvgIpc) is 2.84. The zero-order chi connectivity index (χ0) is 11.8. The smallest absolute Gasteiger partial charge is 0.217 e. The van der Waals surface area contributed by atoms with Gasteiger partial charge in [0.25, 0.3) is 0 Å². The molecule has 0 aliphatic heterocycles. The van der Waals surface area contributed by atoms with Gasteiger partial charge in [-0.15, -0.1) is 0 Å². The maximum atomic E-state index is 5.68. The molecule has 0 unspecified atom stereocenters. The molecule has 0 saturated carbocycles. The van der Waals surface area contributed by atoms with E-state index in [1.165, 1.54) is 0 Å². The van der Waals surface area contributed by atoms with Crippen molar-refractivity contribution in [1.29, 1.82) is 0 Å². The van der Waals surface area contributed by atoms with Crippen LogP contribution in [0.15, 0.2) is 35.0 Å². The molecule has 0 atom stereocenters. The first-order chi connectivity index (χ1) is 8.20. The number of hydrogen-bond acceptors (Lipinski definition) is 4. The van der Waals surface area contributed by atoms with Gasteiger partial charge in [-0.3, -0.25) is 4.68 Å².